The monoisotopic (exact) mass is 244 g/mol. The van der Waals surface area contributed by atoms with Crippen molar-refractivity contribution in [2.45, 2.75) is 50.7 Å². The maximum Gasteiger partial charge on any atom is 0.251 e. The molecule has 96 valence electrons. The molecular weight excluding hydrogens is 224 g/mol. The van der Waals surface area contributed by atoms with Gasteiger partial charge < -0.3 is 9.47 Å². The van der Waals surface area contributed by atoms with Crippen LogP contribution in [0.5, 0.6) is 11.5 Å². The van der Waals surface area contributed by atoms with Crippen LogP contribution < -0.4 is 9.47 Å². The van der Waals surface area contributed by atoms with E-state index in [0.717, 1.165) is 36.2 Å². The Kier molecular flexibility index (Phi) is 2.33. The predicted octanol–water partition coefficient (Wildman–Crippen LogP) is 4.14. The standard InChI is InChI=1S/C16H20O2/c1-2-6-13-11-16(10-9-12(13)5-1)17-14-7-3-4-8-15(14)18-16/h3-4,7-8,12-13H,1-2,5-6,9-11H2. The van der Waals surface area contributed by atoms with Gasteiger partial charge in [-0.1, -0.05) is 31.4 Å². The molecule has 0 N–H and O–H groups in total. The van der Waals surface area contributed by atoms with Crippen LogP contribution in [0.15, 0.2) is 24.3 Å². The first kappa shape index (κ1) is 10.7. The zero-order valence-electron chi connectivity index (χ0n) is 10.7. The maximum atomic E-state index is 6.16. The topological polar surface area (TPSA) is 18.5 Å². The molecule has 2 fully saturated rings. The van der Waals surface area contributed by atoms with Gasteiger partial charge in [-0.15, -0.1) is 0 Å². The first-order valence-electron chi connectivity index (χ1n) is 7.32. The summed E-state index contributed by atoms with van der Waals surface area (Å²) in [4.78, 5) is 0. The van der Waals surface area contributed by atoms with Gasteiger partial charge in [0.1, 0.15) is 0 Å². The summed E-state index contributed by atoms with van der Waals surface area (Å²) in [5.74, 6) is 3.29. The average molecular weight is 244 g/mol. The minimum atomic E-state index is -0.331. The number of ether oxygens (including phenoxy) is 2. The van der Waals surface area contributed by atoms with E-state index in [9.17, 15) is 0 Å². The van der Waals surface area contributed by atoms with Crippen molar-refractivity contribution in [2.75, 3.05) is 0 Å². The molecule has 0 bridgehead atoms. The van der Waals surface area contributed by atoms with E-state index in [4.69, 9.17) is 9.47 Å². The molecule has 3 aliphatic rings. The Morgan fingerprint density at radius 2 is 1.56 bits per heavy atom. The zero-order chi connectivity index (χ0) is 12.0. The highest BCUT2D eigenvalue weighted by molar-refractivity contribution is 5.43. The van der Waals surface area contributed by atoms with Gasteiger partial charge in [-0.25, -0.2) is 0 Å². The molecule has 0 radical (unpaired) electrons. The molecule has 0 amide bonds. The van der Waals surface area contributed by atoms with Gasteiger partial charge in [-0.3, -0.25) is 0 Å². The van der Waals surface area contributed by atoms with Gasteiger partial charge in [0.2, 0.25) is 0 Å². The molecule has 2 atom stereocenters. The highest BCUT2D eigenvalue weighted by Crippen LogP contribution is 2.51. The Morgan fingerprint density at radius 3 is 2.28 bits per heavy atom. The summed E-state index contributed by atoms with van der Waals surface area (Å²) in [6.07, 6.45) is 9.04. The molecule has 1 spiro atoms. The van der Waals surface area contributed by atoms with Crippen LogP contribution in [-0.2, 0) is 0 Å². The van der Waals surface area contributed by atoms with Crippen LogP contribution in [0.4, 0.5) is 0 Å². The smallest absolute Gasteiger partial charge is 0.251 e. The van der Waals surface area contributed by atoms with Crippen molar-refractivity contribution in [3.8, 4) is 11.5 Å². The summed E-state index contributed by atoms with van der Waals surface area (Å²) >= 11 is 0. The molecule has 1 heterocycles. The summed E-state index contributed by atoms with van der Waals surface area (Å²) in [5, 5.41) is 0. The molecule has 0 saturated heterocycles. The summed E-state index contributed by atoms with van der Waals surface area (Å²) in [7, 11) is 0. The lowest BCUT2D eigenvalue weighted by Gasteiger charge is -2.43. The number of para-hydroxylation sites is 2. The maximum absolute atomic E-state index is 6.16. The van der Waals surface area contributed by atoms with Gasteiger partial charge >= 0.3 is 0 Å². The molecule has 4 rings (SSSR count). The molecule has 2 unspecified atom stereocenters. The minimum Gasteiger partial charge on any atom is -0.448 e. The molecule has 2 nitrogen and oxygen atoms in total. The predicted molar refractivity (Wildman–Crippen MR) is 69.7 cm³/mol. The lowest BCUT2D eigenvalue weighted by atomic mass is 9.69. The molecular formula is C16H20O2. The van der Waals surface area contributed by atoms with Crippen molar-refractivity contribution < 1.29 is 9.47 Å². The first-order chi connectivity index (χ1) is 8.85. The van der Waals surface area contributed by atoms with Crippen LogP contribution in [0.1, 0.15) is 44.9 Å². The van der Waals surface area contributed by atoms with Gasteiger partial charge in [0.15, 0.2) is 11.5 Å². The van der Waals surface area contributed by atoms with Crippen molar-refractivity contribution in [1.29, 1.82) is 0 Å². The second-order valence-corrected chi connectivity index (χ2v) is 6.11. The van der Waals surface area contributed by atoms with E-state index >= 15 is 0 Å². The van der Waals surface area contributed by atoms with Gasteiger partial charge in [0, 0.05) is 12.8 Å². The second kappa shape index (κ2) is 3.91. The molecule has 1 aromatic rings. The number of hydrogen-bond acceptors (Lipinski definition) is 2. The minimum absolute atomic E-state index is 0.331. The molecule has 2 aliphatic carbocycles. The fourth-order valence-electron chi connectivity index (χ4n) is 4.07. The van der Waals surface area contributed by atoms with Gasteiger partial charge in [0.25, 0.3) is 5.79 Å². The van der Waals surface area contributed by atoms with E-state index in [-0.39, 0.29) is 5.79 Å². The van der Waals surface area contributed by atoms with Crippen LogP contribution in [0.3, 0.4) is 0 Å². The van der Waals surface area contributed by atoms with Crippen LogP contribution in [-0.4, -0.2) is 5.79 Å². The molecule has 2 saturated carbocycles. The molecule has 1 aromatic carbocycles. The van der Waals surface area contributed by atoms with Crippen LogP contribution in [0.2, 0.25) is 0 Å². The number of hydrogen-bond donors (Lipinski definition) is 0. The summed E-state index contributed by atoms with van der Waals surface area (Å²) in [5.41, 5.74) is 0. The van der Waals surface area contributed by atoms with E-state index < -0.39 is 0 Å². The Labute approximate surface area is 108 Å². The summed E-state index contributed by atoms with van der Waals surface area (Å²) in [6, 6.07) is 8.09. The highest BCUT2D eigenvalue weighted by atomic mass is 16.7. The highest BCUT2D eigenvalue weighted by Gasteiger charge is 2.48. The molecule has 0 aromatic heterocycles. The molecule has 18 heavy (non-hydrogen) atoms. The van der Waals surface area contributed by atoms with Gasteiger partial charge in [-0.05, 0) is 36.8 Å². The Morgan fingerprint density at radius 1 is 0.889 bits per heavy atom. The van der Waals surface area contributed by atoms with Crippen LogP contribution >= 0.6 is 0 Å². The van der Waals surface area contributed by atoms with Crippen molar-refractivity contribution in [1.82, 2.24) is 0 Å². The van der Waals surface area contributed by atoms with Crippen molar-refractivity contribution in [3.63, 3.8) is 0 Å². The largest absolute Gasteiger partial charge is 0.448 e. The number of fused-ring (bicyclic) bond motifs is 2. The fraction of sp³-hybridized carbons (Fsp3) is 0.625. The second-order valence-electron chi connectivity index (χ2n) is 6.11. The van der Waals surface area contributed by atoms with Crippen LogP contribution in [0.25, 0.3) is 0 Å². The fourth-order valence-corrected chi connectivity index (χ4v) is 4.07. The van der Waals surface area contributed by atoms with E-state index in [1.165, 1.54) is 32.1 Å². The number of rotatable bonds is 0. The quantitative estimate of drug-likeness (QED) is 0.682. The molecule has 2 heteroatoms. The van der Waals surface area contributed by atoms with E-state index in [1.54, 1.807) is 0 Å². The first-order valence-corrected chi connectivity index (χ1v) is 7.32. The van der Waals surface area contributed by atoms with Crippen LogP contribution in [0, 0.1) is 11.8 Å². The SMILES string of the molecule is c1ccc2c(c1)OC1(CCC3CCCCC3C1)O2. The lowest BCUT2D eigenvalue weighted by molar-refractivity contribution is -0.135. The van der Waals surface area contributed by atoms with E-state index in [0.29, 0.717) is 0 Å². The Balaban J connectivity index is 1.57. The third kappa shape index (κ3) is 1.62. The number of benzene rings is 1. The van der Waals surface area contributed by atoms with E-state index in [1.807, 2.05) is 24.3 Å². The lowest BCUT2D eigenvalue weighted by Crippen LogP contribution is -2.46. The van der Waals surface area contributed by atoms with Crippen molar-refractivity contribution in [3.05, 3.63) is 24.3 Å². The normalized spacial score (nSPS) is 32.2. The van der Waals surface area contributed by atoms with E-state index in [2.05, 4.69) is 0 Å². The molecule has 1 aliphatic heterocycles. The van der Waals surface area contributed by atoms with Crippen molar-refractivity contribution in [2.24, 2.45) is 11.8 Å². The van der Waals surface area contributed by atoms with Crippen molar-refractivity contribution >= 4 is 0 Å². The summed E-state index contributed by atoms with van der Waals surface area (Å²) < 4.78 is 12.3. The third-order valence-electron chi connectivity index (χ3n) is 4.98. The Hall–Kier alpha value is -1.18. The zero-order valence-corrected chi connectivity index (χ0v) is 10.7. The summed E-state index contributed by atoms with van der Waals surface area (Å²) in [6.45, 7) is 0. The third-order valence-corrected chi connectivity index (χ3v) is 4.98. The Bertz CT molecular complexity index is 429. The average Bonchev–Trinajstić information content (AvgIpc) is 2.76. The van der Waals surface area contributed by atoms with Gasteiger partial charge in [-0.2, -0.15) is 0 Å². The van der Waals surface area contributed by atoms with Gasteiger partial charge in [0.05, 0.1) is 0 Å².